The van der Waals surface area contributed by atoms with Crippen molar-refractivity contribution in [1.29, 1.82) is 0 Å². The zero-order chi connectivity index (χ0) is 14.6. The Morgan fingerprint density at radius 3 is 2.70 bits per heavy atom. The highest BCUT2D eigenvalue weighted by atomic mass is 16.5. The third-order valence-corrected chi connectivity index (χ3v) is 4.15. The van der Waals surface area contributed by atoms with Crippen LogP contribution in [0.3, 0.4) is 0 Å². The van der Waals surface area contributed by atoms with Gasteiger partial charge in [0.15, 0.2) is 0 Å². The molecule has 1 atom stereocenters. The summed E-state index contributed by atoms with van der Waals surface area (Å²) in [6, 6.07) is -0.962. The molecule has 0 aromatic carbocycles. The lowest BCUT2D eigenvalue weighted by molar-refractivity contribution is -0.142. The van der Waals surface area contributed by atoms with Gasteiger partial charge in [-0.2, -0.15) is 0 Å². The minimum atomic E-state index is -1.04. The van der Waals surface area contributed by atoms with Crippen LogP contribution in [0.5, 0.6) is 0 Å². The molecule has 0 aliphatic carbocycles. The predicted octanol–water partition coefficient (Wildman–Crippen LogP) is 0.374. The van der Waals surface area contributed by atoms with Crippen LogP contribution in [0, 0.1) is 5.41 Å². The van der Waals surface area contributed by atoms with Crippen molar-refractivity contribution in [3.8, 4) is 0 Å². The maximum absolute atomic E-state index is 12.3. The number of aliphatic carboxylic acids is 1. The first-order valence-corrected chi connectivity index (χ1v) is 7.01. The monoisotopic (exact) mass is 282 g/mol. The number of nitrogens with zero attached hydrogens (tertiary/aromatic N) is 1. The number of amides is 1. The van der Waals surface area contributed by atoms with E-state index < -0.39 is 12.0 Å². The minimum Gasteiger partial charge on any atom is -0.481 e. The molecule has 6 heteroatoms. The molecule has 0 bridgehead atoms. The maximum Gasteiger partial charge on any atom is 0.305 e. The second-order valence-corrected chi connectivity index (χ2v) is 5.71. The van der Waals surface area contributed by atoms with Gasteiger partial charge in [0.2, 0.25) is 5.91 Å². The second kappa shape index (κ2) is 6.37. The summed E-state index contributed by atoms with van der Waals surface area (Å²) in [6.07, 6.45) is 6.55. The molecule has 2 aliphatic heterocycles. The van der Waals surface area contributed by atoms with Crippen molar-refractivity contribution < 1.29 is 19.4 Å². The molecule has 0 aromatic heterocycles. The quantitative estimate of drug-likeness (QED) is 0.730. The summed E-state index contributed by atoms with van der Waals surface area (Å²) in [4.78, 5) is 24.7. The number of allylic oxidation sites excluding steroid dienone is 1. The molecule has 2 aliphatic rings. The Labute approximate surface area is 118 Å². The molecule has 112 valence electrons. The molecule has 1 saturated heterocycles. The van der Waals surface area contributed by atoms with Crippen molar-refractivity contribution in [2.45, 2.75) is 31.7 Å². The summed E-state index contributed by atoms with van der Waals surface area (Å²) in [5, 5.41) is 8.75. The molecule has 6 nitrogen and oxygen atoms in total. The molecule has 2 heterocycles. The van der Waals surface area contributed by atoms with E-state index in [4.69, 9.17) is 15.6 Å². The third kappa shape index (κ3) is 3.58. The molecule has 1 amide bonds. The van der Waals surface area contributed by atoms with Gasteiger partial charge in [-0.15, -0.1) is 0 Å². The van der Waals surface area contributed by atoms with Crippen LogP contribution < -0.4 is 5.73 Å². The fourth-order valence-electron chi connectivity index (χ4n) is 2.91. The normalized spacial score (nSPS) is 23.4. The van der Waals surface area contributed by atoms with E-state index in [1.54, 1.807) is 4.90 Å². The van der Waals surface area contributed by atoms with Crippen LogP contribution in [0.25, 0.3) is 0 Å². The van der Waals surface area contributed by atoms with E-state index in [0.29, 0.717) is 13.1 Å². The average Bonchev–Trinajstić information content (AvgIpc) is 2.61. The fraction of sp³-hybridized carbons (Fsp3) is 0.714. The summed E-state index contributed by atoms with van der Waals surface area (Å²) >= 11 is 0. The minimum absolute atomic E-state index is 0.0594. The second-order valence-electron chi connectivity index (χ2n) is 5.71. The number of carboxylic acids is 1. The van der Waals surface area contributed by atoms with Crippen molar-refractivity contribution in [2.75, 3.05) is 26.3 Å². The number of nitrogens with two attached hydrogens (primary N) is 1. The standard InChI is InChI=1S/C14H22N2O4/c15-11(9-12(17)18)13(19)16-6-2-1-3-14(10-16)4-7-20-8-5-14/h1-2,11H,3-10,15H2,(H,17,18)/t11-/m0/s1. The highest BCUT2D eigenvalue weighted by Crippen LogP contribution is 2.36. The van der Waals surface area contributed by atoms with Gasteiger partial charge in [-0.25, -0.2) is 0 Å². The van der Waals surface area contributed by atoms with E-state index in [2.05, 4.69) is 6.08 Å². The zero-order valence-corrected chi connectivity index (χ0v) is 11.6. The molecular weight excluding hydrogens is 260 g/mol. The number of carbonyl (C=O) groups excluding carboxylic acids is 1. The van der Waals surface area contributed by atoms with Gasteiger partial charge in [0.1, 0.15) is 0 Å². The van der Waals surface area contributed by atoms with Crippen LogP contribution in [0.4, 0.5) is 0 Å². The van der Waals surface area contributed by atoms with Gasteiger partial charge in [0, 0.05) is 26.3 Å². The van der Waals surface area contributed by atoms with Crippen LogP contribution in [0.2, 0.25) is 0 Å². The van der Waals surface area contributed by atoms with E-state index in [0.717, 1.165) is 32.5 Å². The van der Waals surface area contributed by atoms with Gasteiger partial charge in [0.25, 0.3) is 0 Å². The lowest BCUT2D eigenvalue weighted by atomic mass is 9.77. The van der Waals surface area contributed by atoms with Gasteiger partial charge in [-0.1, -0.05) is 12.2 Å². The van der Waals surface area contributed by atoms with E-state index in [1.165, 1.54) is 0 Å². The van der Waals surface area contributed by atoms with E-state index >= 15 is 0 Å². The summed E-state index contributed by atoms with van der Waals surface area (Å²) in [5.41, 5.74) is 5.76. The highest BCUT2D eigenvalue weighted by molar-refractivity contribution is 5.86. The van der Waals surface area contributed by atoms with Crippen molar-refractivity contribution in [2.24, 2.45) is 11.1 Å². The highest BCUT2D eigenvalue weighted by Gasteiger charge is 2.36. The largest absolute Gasteiger partial charge is 0.481 e. The SMILES string of the molecule is N[C@@H](CC(=O)O)C(=O)N1CC=CCC2(CCOCC2)C1. The summed E-state index contributed by atoms with van der Waals surface area (Å²) in [6.45, 7) is 2.58. The van der Waals surface area contributed by atoms with Crippen LogP contribution in [0.15, 0.2) is 12.2 Å². The van der Waals surface area contributed by atoms with Gasteiger partial charge >= 0.3 is 5.97 Å². The molecule has 1 fully saturated rings. The van der Waals surface area contributed by atoms with Crippen LogP contribution in [-0.2, 0) is 14.3 Å². The van der Waals surface area contributed by atoms with Crippen molar-refractivity contribution >= 4 is 11.9 Å². The summed E-state index contributed by atoms with van der Waals surface area (Å²) < 4.78 is 5.40. The smallest absolute Gasteiger partial charge is 0.305 e. The Hall–Kier alpha value is -1.40. The molecule has 2 rings (SSSR count). The van der Waals surface area contributed by atoms with Gasteiger partial charge < -0.3 is 20.5 Å². The Balaban J connectivity index is 2.05. The Kier molecular flexibility index (Phi) is 4.77. The first-order chi connectivity index (χ1) is 9.52. The molecule has 0 unspecified atom stereocenters. The molecule has 0 radical (unpaired) electrons. The number of ether oxygens (including phenoxy) is 1. The Morgan fingerprint density at radius 2 is 2.05 bits per heavy atom. The van der Waals surface area contributed by atoms with Crippen LogP contribution in [-0.4, -0.2) is 54.2 Å². The summed E-state index contributed by atoms with van der Waals surface area (Å²) in [7, 11) is 0. The lowest BCUT2D eigenvalue weighted by Gasteiger charge is -2.39. The van der Waals surface area contributed by atoms with Crippen molar-refractivity contribution in [3.63, 3.8) is 0 Å². The van der Waals surface area contributed by atoms with Gasteiger partial charge in [-0.05, 0) is 24.7 Å². The molecule has 0 aromatic rings. The first kappa shape index (κ1) is 15.0. The maximum atomic E-state index is 12.3. The van der Waals surface area contributed by atoms with E-state index in [9.17, 15) is 9.59 Å². The summed E-state index contributed by atoms with van der Waals surface area (Å²) in [5.74, 6) is -1.32. The molecular formula is C14H22N2O4. The lowest BCUT2D eigenvalue weighted by Crippen LogP contribution is -2.49. The Morgan fingerprint density at radius 1 is 1.35 bits per heavy atom. The Bertz CT molecular complexity index is 402. The number of hydrogen-bond acceptors (Lipinski definition) is 4. The zero-order valence-electron chi connectivity index (χ0n) is 11.6. The molecule has 1 spiro atoms. The topological polar surface area (TPSA) is 92.9 Å². The molecule has 0 saturated carbocycles. The van der Waals surface area contributed by atoms with E-state index in [1.807, 2.05) is 6.08 Å². The number of hydrogen-bond donors (Lipinski definition) is 2. The van der Waals surface area contributed by atoms with Crippen molar-refractivity contribution in [3.05, 3.63) is 12.2 Å². The average molecular weight is 282 g/mol. The van der Waals surface area contributed by atoms with Gasteiger partial charge in [0.05, 0.1) is 12.5 Å². The molecule has 20 heavy (non-hydrogen) atoms. The van der Waals surface area contributed by atoms with E-state index in [-0.39, 0.29) is 17.7 Å². The first-order valence-electron chi connectivity index (χ1n) is 7.01. The fourth-order valence-corrected chi connectivity index (χ4v) is 2.91. The van der Waals surface area contributed by atoms with Crippen molar-refractivity contribution in [1.82, 2.24) is 4.90 Å². The molecule has 3 N–H and O–H groups in total. The number of rotatable bonds is 3. The predicted molar refractivity (Wildman–Crippen MR) is 73.1 cm³/mol. The van der Waals surface area contributed by atoms with Crippen LogP contribution in [0.1, 0.15) is 25.7 Å². The third-order valence-electron chi connectivity index (χ3n) is 4.15. The van der Waals surface area contributed by atoms with Crippen LogP contribution >= 0.6 is 0 Å². The number of carbonyl (C=O) groups is 2. The number of carboxylic acid groups (broad SMARTS) is 1. The van der Waals surface area contributed by atoms with Gasteiger partial charge in [-0.3, -0.25) is 9.59 Å².